The van der Waals surface area contributed by atoms with E-state index in [0.717, 1.165) is 19.6 Å². The highest BCUT2D eigenvalue weighted by atomic mass is 16.3. The van der Waals surface area contributed by atoms with Crippen LogP contribution in [0, 0.1) is 0 Å². The summed E-state index contributed by atoms with van der Waals surface area (Å²) in [6, 6.07) is 0. The molecule has 0 radical (unpaired) electrons. The molecule has 1 aliphatic heterocycles. The molecule has 1 aliphatic rings. The summed E-state index contributed by atoms with van der Waals surface area (Å²) in [6.45, 7) is 3.63. The van der Waals surface area contributed by atoms with Crippen molar-refractivity contribution in [2.45, 2.75) is 19.3 Å². The summed E-state index contributed by atoms with van der Waals surface area (Å²) in [5.41, 5.74) is 0. The van der Waals surface area contributed by atoms with Crippen molar-refractivity contribution in [2.24, 2.45) is 0 Å². The summed E-state index contributed by atoms with van der Waals surface area (Å²) in [5.74, 6) is 0.131. The van der Waals surface area contributed by atoms with Crippen LogP contribution in [0.5, 0.6) is 0 Å². The number of hydrogen-bond donors (Lipinski definition) is 1. The van der Waals surface area contributed by atoms with Crippen molar-refractivity contribution in [3.05, 3.63) is 0 Å². The number of aliphatic hydroxyl groups excluding tert-OH is 1. The Morgan fingerprint density at radius 3 is 2.64 bits per heavy atom. The molecule has 0 spiro atoms. The van der Waals surface area contributed by atoms with E-state index in [1.54, 1.807) is 11.9 Å². The van der Waals surface area contributed by atoms with E-state index >= 15 is 0 Å². The van der Waals surface area contributed by atoms with Gasteiger partial charge < -0.3 is 14.9 Å². The van der Waals surface area contributed by atoms with Crippen LogP contribution in [0.2, 0.25) is 0 Å². The summed E-state index contributed by atoms with van der Waals surface area (Å²) in [5, 5.41) is 8.66. The average molecular weight is 200 g/mol. The smallest absolute Gasteiger partial charge is 0.223 e. The van der Waals surface area contributed by atoms with E-state index in [1.165, 1.54) is 12.8 Å². The molecule has 82 valence electrons. The number of likely N-dealkylation sites (tertiary alicyclic amines) is 1. The molecule has 4 heteroatoms. The fourth-order valence-electron chi connectivity index (χ4n) is 1.73. The molecule has 1 fully saturated rings. The van der Waals surface area contributed by atoms with Crippen LogP contribution < -0.4 is 0 Å². The summed E-state index contributed by atoms with van der Waals surface area (Å²) in [4.78, 5) is 15.4. The lowest BCUT2D eigenvalue weighted by atomic mass is 10.3. The standard InChI is InChI=1S/C10H20N2O2/c1-11(8-9-13)10(14)4-7-12-5-2-3-6-12/h13H,2-9H2,1H3. The summed E-state index contributed by atoms with van der Waals surface area (Å²) in [7, 11) is 1.74. The van der Waals surface area contributed by atoms with E-state index in [4.69, 9.17) is 5.11 Å². The minimum Gasteiger partial charge on any atom is -0.395 e. The molecular weight excluding hydrogens is 180 g/mol. The number of amides is 1. The van der Waals surface area contributed by atoms with Crippen molar-refractivity contribution < 1.29 is 9.90 Å². The molecule has 0 aromatic rings. The maximum Gasteiger partial charge on any atom is 0.223 e. The fraction of sp³-hybridized carbons (Fsp3) is 0.900. The lowest BCUT2D eigenvalue weighted by Crippen LogP contribution is -2.32. The van der Waals surface area contributed by atoms with Crippen LogP contribution in [-0.2, 0) is 4.79 Å². The Hall–Kier alpha value is -0.610. The highest BCUT2D eigenvalue weighted by Gasteiger charge is 2.14. The maximum atomic E-state index is 11.5. The molecule has 0 aromatic heterocycles. The third-order valence-corrected chi connectivity index (χ3v) is 2.70. The van der Waals surface area contributed by atoms with Crippen molar-refractivity contribution in [2.75, 3.05) is 39.8 Å². The van der Waals surface area contributed by atoms with Gasteiger partial charge >= 0.3 is 0 Å². The number of likely N-dealkylation sites (N-methyl/N-ethyl adjacent to an activating group) is 1. The molecule has 1 heterocycles. The Morgan fingerprint density at radius 1 is 1.43 bits per heavy atom. The predicted molar refractivity (Wildman–Crippen MR) is 55.0 cm³/mol. The van der Waals surface area contributed by atoms with Gasteiger partial charge in [0.15, 0.2) is 0 Å². The predicted octanol–water partition coefficient (Wildman–Crippen LogP) is -0.0770. The molecule has 0 aliphatic carbocycles. The molecule has 0 aromatic carbocycles. The van der Waals surface area contributed by atoms with Gasteiger partial charge in [-0.2, -0.15) is 0 Å². The Kier molecular flexibility index (Phi) is 4.90. The zero-order valence-corrected chi connectivity index (χ0v) is 8.91. The number of rotatable bonds is 5. The molecule has 0 bridgehead atoms. The Bertz CT molecular complexity index is 179. The highest BCUT2D eigenvalue weighted by Crippen LogP contribution is 2.07. The van der Waals surface area contributed by atoms with Gasteiger partial charge in [-0.25, -0.2) is 0 Å². The molecule has 0 atom stereocenters. The Balaban J connectivity index is 2.13. The third-order valence-electron chi connectivity index (χ3n) is 2.70. The third kappa shape index (κ3) is 3.64. The minimum absolute atomic E-state index is 0.0476. The van der Waals surface area contributed by atoms with Crippen LogP contribution in [0.25, 0.3) is 0 Å². The number of hydrogen-bond acceptors (Lipinski definition) is 3. The van der Waals surface area contributed by atoms with Crippen LogP contribution in [0.15, 0.2) is 0 Å². The van der Waals surface area contributed by atoms with Crippen LogP contribution in [0.3, 0.4) is 0 Å². The first-order valence-corrected chi connectivity index (χ1v) is 5.31. The van der Waals surface area contributed by atoms with E-state index < -0.39 is 0 Å². The largest absolute Gasteiger partial charge is 0.395 e. The molecule has 1 saturated heterocycles. The lowest BCUT2D eigenvalue weighted by Gasteiger charge is -2.18. The van der Waals surface area contributed by atoms with Gasteiger partial charge in [0.1, 0.15) is 0 Å². The second-order valence-corrected chi connectivity index (χ2v) is 3.84. The van der Waals surface area contributed by atoms with Crippen LogP contribution in [0.1, 0.15) is 19.3 Å². The monoisotopic (exact) mass is 200 g/mol. The number of nitrogens with zero attached hydrogens (tertiary/aromatic N) is 2. The summed E-state index contributed by atoms with van der Waals surface area (Å²) in [6.07, 6.45) is 3.11. The molecule has 1 amide bonds. The second kappa shape index (κ2) is 5.98. The van der Waals surface area contributed by atoms with Crippen LogP contribution in [0.4, 0.5) is 0 Å². The van der Waals surface area contributed by atoms with Gasteiger partial charge in [0.05, 0.1) is 6.61 Å². The first kappa shape index (κ1) is 11.5. The number of carbonyl (C=O) groups is 1. The Labute approximate surface area is 85.5 Å². The van der Waals surface area contributed by atoms with Crippen molar-refractivity contribution >= 4 is 5.91 Å². The minimum atomic E-state index is 0.0476. The molecule has 14 heavy (non-hydrogen) atoms. The first-order chi connectivity index (χ1) is 6.74. The summed E-state index contributed by atoms with van der Waals surface area (Å²) < 4.78 is 0. The van der Waals surface area contributed by atoms with Crippen LogP contribution in [-0.4, -0.2) is 60.6 Å². The van der Waals surface area contributed by atoms with E-state index in [-0.39, 0.29) is 12.5 Å². The van der Waals surface area contributed by atoms with Crippen molar-refractivity contribution in [3.8, 4) is 0 Å². The normalized spacial score (nSPS) is 17.3. The van der Waals surface area contributed by atoms with Crippen molar-refractivity contribution in [1.82, 2.24) is 9.80 Å². The molecule has 4 nitrogen and oxygen atoms in total. The van der Waals surface area contributed by atoms with Crippen LogP contribution >= 0.6 is 0 Å². The van der Waals surface area contributed by atoms with Crippen molar-refractivity contribution in [1.29, 1.82) is 0 Å². The second-order valence-electron chi connectivity index (χ2n) is 3.84. The van der Waals surface area contributed by atoms with Gasteiger partial charge in [-0.05, 0) is 25.9 Å². The fourth-order valence-corrected chi connectivity index (χ4v) is 1.73. The topological polar surface area (TPSA) is 43.8 Å². The van der Waals surface area contributed by atoms with Gasteiger partial charge in [0.25, 0.3) is 0 Å². The zero-order chi connectivity index (χ0) is 10.4. The first-order valence-electron chi connectivity index (χ1n) is 5.31. The van der Waals surface area contributed by atoms with E-state index in [9.17, 15) is 4.79 Å². The van der Waals surface area contributed by atoms with Gasteiger partial charge in [0.2, 0.25) is 5.91 Å². The molecule has 0 unspecified atom stereocenters. The van der Waals surface area contributed by atoms with Gasteiger partial charge in [0, 0.05) is 26.6 Å². The van der Waals surface area contributed by atoms with Gasteiger partial charge in [-0.1, -0.05) is 0 Å². The maximum absolute atomic E-state index is 11.5. The lowest BCUT2D eigenvalue weighted by molar-refractivity contribution is -0.130. The number of carbonyl (C=O) groups excluding carboxylic acids is 1. The summed E-state index contributed by atoms with van der Waals surface area (Å²) >= 11 is 0. The average Bonchev–Trinajstić information content (AvgIpc) is 2.67. The van der Waals surface area contributed by atoms with Crippen molar-refractivity contribution in [3.63, 3.8) is 0 Å². The van der Waals surface area contributed by atoms with E-state index in [0.29, 0.717) is 13.0 Å². The molecule has 1 N–H and O–H groups in total. The molecular formula is C10H20N2O2. The Morgan fingerprint density at radius 2 is 2.07 bits per heavy atom. The number of aliphatic hydroxyl groups is 1. The van der Waals surface area contributed by atoms with Gasteiger partial charge in [-0.3, -0.25) is 4.79 Å². The van der Waals surface area contributed by atoms with E-state index in [2.05, 4.69) is 4.90 Å². The van der Waals surface area contributed by atoms with Gasteiger partial charge in [-0.15, -0.1) is 0 Å². The van der Waals surface area contributed by atoms with E-state index in [1.807, 2.05) is 0 Å². The molecule has 1 rings (SSSR count). The quantitative estimate of drug-likeness (QED) is 0.675. The SMILES string of the molecule is CN(CCO)C(=O)CCN1CCCC1. The molecule has 0 saturated carbocycles. The zero-order valence-electron chi connectivity index (χ0n) is 8.91. The highest BCUT2D eigenvalue weighted by molar-refractivity contribution is 5.76.